The number of nitrogens with one attached hydrogen (secondary N) is 1. The quantitative estimate of drug-likeness (QED) is 0.824. The van der Waals surface area contributed by atoms with Crippen molar-refractivity contribution < 1.29 is 9.90 Å². The van der Waals surface area contributed by atoms with Crippen LogP contribution >= 0.6 is 0 Å². The Morgan fingerprint density at radius 1 is 1.21 bits per heavy atom. The molecule has 2 N–H and O–H groups in total. The van der Waals surface area contributed by atoms with Crippen LogP contribution in [0.5, 0.6) is 0 Å². The highest BCUT2D eigenvalue weighted by Crippen LogP contribution is 2.30. The van der Waals surface area contributed by atoms with E-state index in [0.29, 0.717) is 18.4 Å². The Morgan fingerprint density at radius 2 is 1.96 bits per heavy atom. The van der Waals surface area contributed by atoms with Gasteiger partial charge in [0, 0.05) is 43.5 Å². The average molecular weight is 332 g/mol. The fraction of sp³-hybridized carbons (Fsp3) is 0.722. The van der Waals surface area contributed by atoms with E-state index in [9.17, 15) is 4.79 Å². The summed E-state index contributed by atoms with van der Waals surface area (Å²) in [5, 5.41) is 11.5. The molecule has 1 aromatic heterocycles. The van der Waals surface area contributed by atoms with Gasteiger partial charge in [-0.3, -0.25) is 9.69 Å². The van der Waals surface area contributed by atoms with Crippen LogP contribution in [0, 0.1) is 5.92 Å². The van der Waals surface area contributed by atoms with E-state index < -0.39 is 6.61 Å². The first-order chi connectivity index (χ1) is 11.7. The molecule has 0 radical (unpaired) electrons. The second kappa shape index (κ2) is 8.53. The van der Waals surface area contributed by atoms with Gasteiger partial charge in [-0.2, -0.15) is 0 Å². The van der Waals surface area contributed by atoms with Crippen LogP contribution in [0.4, 0.5) is 0 Å². The molecule has 0 aromatic carbocycles. The van der Waals surface area contributed by atoms with E-state index in [4.69, 9.17) is 5.11 Å². The molecule has 1 atom stereocenters. The van der Waals surface area contributed by atoms with Gasteiger partial charge in [-0.05, 0) is 31.7 Å². The van der Waals surface area contributed by atoms with Crippen LogP contribution in [0.25, 0.3) is 0 Å². The number of nitrogens with zero attached hydrogens (tertiary/aromatic N) is 3. The molecule has 6 nitrogen and oxygen atoms in total. The molecular weight excluding hydrogens is 304 g/mol. The molecule has 0 spiro atoms. The molecule has 1 aliphatic heterocycles. The highest BCUT2D eigenvalue weighted by molar-refractivity contribution is 5.76. The lowest BCUT2D eigenvalue weighted by atomic mass is 9.89. The molecule has 0 bridgehead atoms. The van der Waals surface area contributed by atoms with Crippen molar-refractivity contribution in [3.8, 4) is 0 Å². The molecule has 2 heterocycles. The van der Waals surface area contributed by atoms with Crippen LogP contribution in [0.2, 0.25) is 0 Å². The number of hydrogen-bond donors (Lipinski definition) is 2. The monoisotopic (exact) mass is 332 g/mol. The Balaban J connectivity index is 1.45. The zero-order valence-electron chi connectivity index (χ0n) is 14.3. The van der Waals surface area contributed by atoms with Gasteiger partial charge in [0.1, 0.15) is 12.4 Å². The molecular formula is C18H28N4O2. The summed E-state index contributed by atoms with van der Waals surface area (Å²) in [6.45, 7) is 3.09. The summed E-state index contributed by atoms with van der Waals surface area (Å²) in [6, 6.07) is 0. The van der Waals surface area contributed by atoms with Crippen molar-refractivity contribution in [3.05, 3.63) is 23.8 Å². The van der Waals surface area contributed by atoms with Crippen molar-refractivity contribution >= 4 is 5.91 Å². The Labute approximate surface area is 143 Å². The standard InChI is InChI=1S/C18H28N4O2/c23-13-17(24)19-8-14-6-7-22(11-14)12-15-9-20-18(21-10-15)16-4-2-1-3-5-16/h9-10,14,16,23H,1-8,11-13H2,(H,19,24)/t14-/m1/s1. The Bertz CT molecular complexity index is 528. The molecule has 2 aliphatic rings. The van der Waals surface area contributed by atoms with E-state index in [-0.39, 0.29) is 5.91 Å². The zero-order chi connectivity index (χ0) is 16.8. The highest BCUT2D eigenvalue weighted by Gasteiger charge is 2.23. The number of aromatic nitrogens is 2. The molecule has 1 aliphatic carbocycles. The maximum atomic E-state index is 11.1. The van der Waals surface area contributed by atoms with Crippen LogP contribution in [0.3, 0.4) is 0 Å². The maximum absolute atomic E-state index is 11.1. The molecule has 3 rings (SSSR count). The lowest BCUT2D eigenvalue weighted by Crippen LogP contribution is -2.32. The molecule has 6 heteroatoms. The van der Waals surface area contributed by atoms with Crippen LogP contribution in [0.1, 0.15) is 55.8 Å². The first kappa shape index (κ1) is 17.3. The number of aliphatic hydroxyl groups is 1. The molecule has 1 saturated heterocycles. The Hall–Kier alpha value is -1.53. The normalized spacial score (nSPS) is 22.6. The second-order valence-electron chi connectivity index (χ2n) is 7.14. The van der Waals surface area contributed by atoms with Crippen molar-refractivity contribution in [1.82, 2.24) is 20.2 Å². The predicted molar refractivity (Wildman–Crippen MR) is 91.3 cm³/mol. The second-order valence-corrected chi connectivity index (χ2v) is 7.14. The van der Waals surface area contributed by atoms with E-state index in [1.807, 2.05) is 12.4 Å². The lowest BCUT2D eigenvalue weighted by molar-refractivity contribution is -0.123. The number of hydrogen-bond acceptors (Lipinski definition) is 5. The average Bonchev–Trinajstić information content (AvgIpc) is 3.08. The summed E-state index contributed by atoms with van der Waals surface area (Å²) in [4.78, 5) is 22.7. The summed E-state index contributed by atoms with van der Waals surface area (Å²) in [7, 11) is 0. The van der Waals surface area contributed by atoms with E-state index in [1.54, 1.807) is 0 Å². The van der Waals surface area contributed by atoms with Crippen LogP contribution < -0.4 is 5.32 Å². The molecule has 24 heavy (non-hydrogen) atoms. The summed E-state index contributed by atoms with van der Waals surface area (Å²) in [5.41, 5.74) is 1.16. The fourth-order valence-corrected chi connectivity index (χ4v) is 3.81. The molecule has 132 valence electrons. The lowest BCUT2D eigenvalue weighted by Gasteiger charge is -2.20. The zero-order valence-corrected chi connectivity index (χ0v) is 14.3. The Morgan fingerprint density at radius 3 is 2.67 bits per heavy atom. The summed E-state index contributed by atoms with van der Waals surface area (Å²) in [5.74, 6) is 1.74. The number of amides is 1. The van der Waals surface area contributed by atoms with E-state index >= 15 is 0 Å². The number of carbonyl (C=O) groups excluding carboxylic acids is 1. The van der Waals surface area contributed by atoms with E-state index in [0.717, 1.165) is 37.4 Å². The number of carbonyl (C=O) groups is 1. The molecule has 0 unspecified atom stereocenters. The van der Waals surface area contributed by atoms with Crippen molar-refractivity contribution in [2.24, 2.45) is 5.92 Å². The predicted octanol–water partition coefficient (Wildman–Crippen LogP) is 1.45. The largest absolute Gasteiger partial charge is 0.387 e. The first-order valence-electron chi connectivity index (χ1n) is 9.15. The third-order valence-electron chi connectivity index (χ3n) is 5.20. The third-order valence-corrected chi connectivity index (χ3v) is 5.20. The summed E-state index contributed by atoms with van der Waals surface area (Å²) < 4.78 is 0. The number of likely N-dealkylation sites (tertiary alicyclic amines) is 1. The van der Waals surface area contributed by atoms with E-state index in [2.05, 4.69) is 20.2 Å². The molecule has 1 aromatic rings. The SMILES string of the molecule is O=C(CO)NC[C@H]1CCN(Cc2cnc(C3CCCCC3)nc2)C1. The van der Waals surface area contributed by atoms with Gasteiger partial charge in [-0.25, -0.2) is 9.97 Å². The summed E-state index contributed by atoms with van der Waals surface area (Å²) >= 11 is 0. The van der Waals surface area contributed by atoms with Gasteiger partial charge in [0.05, 0.1) is 0 Å². The Kier molecular flexibility index (Phi) is 6.15. The van der Waals surface area contributed by atoms with Crippen molar-refractivity contribution in [2.45, 2.75) is 51.0 Å². The smallest absolute Gasteiger partial charge is 0.245 e. The fourth-order valence-electron chi connectivity index (χ4n) is 3.81. The van der Waals surface area contributed by atoms with Gasteiger partial charge in [0.15, 0.2) is 0 Å². The van der Waals surface area contributed by atoms with E-state index in [1.165, 1.54) is 32.1 Å². The maximum Gasteiger partial charge on any atom is 0.245 e. The van der Waals surface area contributed by atoms with Crippen molar-refractivity contribution in [2.75, 3.05) is 26.2 Å². The highest BCUT2D eigenvalue weighted by atomic mass is 16.3. The van der Waals surface area contributed by atoms with Gasteiger partial charge in [0.25, 0.3) is 0 Å². The van der Waals surface area contributed by atoms with Crippen molar-refractivity contribution in [1.29, 1.82) is 0 Å². The van der Waals surface area contributed by atoms with Gasteiger partial charge >= 0.3 is 0 Å². The number of aliphatic hydroxyl groups excluding tert-OH is 1. The molecule has 2 fully saturated rings. The summed E-state index contributed by atoms with van der Waals surface area (Å²) in [6.07, 6.45) is 11.5. The van der Waals surface area contributed by atoms with Gasteiger partial charge in [-0.1, -0.05) is 19.3 Å². The number of rotatable bonds is 6. The van der Waals surface area contributed by atoms with Gasteiger partial charge < -0.3 is 10.4 Å². The molecule has 1 saturated carbocycles. The minimum absolute atomic E-state index is 0.292. The third kappa shape index (κ3) is 4.74. The molecule has 1 amide bonds. The van der Waals surface area contributed by atoms with Crippen LogP contribution in [-0.4, -0.2) is 52.1 Å². The first-order valence-corrected chi connectivity index (χ1v) is 9.15. The minimum atomic E-state index is -0.429. The van der Waals surface area contributed by atoms with Gasteiger partial charge in [0.2, 0.25) is 5.91 Å². The van der Waals surface area contributed by atoms with Crippen LogP contribution in [-0.2, 0) is 11.3 Å². The van der Waals surface area contributed by atoms with Gasteiger partial charge in [-0.15, -0.1) is 0 Å². The topological polar surface area (TPSA) is 78.4 Å². The van der Waals surface area contributed by atoms with Crippen LogP contribution in [0.15, 0.2) is 12.4 Å². The van der Waals surface area contributed by atoms with Crippen molar-refractivity contribution in [3.63, 3.8) is 0 Å². The minimum Gasteiger partial charge on any atom is -0.387 e.